The fourth-order valence-electron chi connectivity index (χ4n) is 4.75. The highest BCUT2D eigenvalue weighted by Gasteiger charge is 2.34. The number of carbonyl (C=O) groups is 4. The number of fused-ring (bicyclic) bond motifs is 1. The second kappa shape index (κ2) is 13.8. The molecule has 3 aromatic carbocycles. The average molecular weight is 608 g/mol. The molecule has 2 atom stereocenters. The van der Waals surface area contributed by atoms with Crippen molar-refractivity contribution in [3.8, 4) is 28.7 Å². The zero-order valence-corrected chi connectivity index (χ0v) is 24.6. The molecular formula is C31H33N3O10. The number of nitrogens with two attached hydrogens (primary N) is 1. The maximum absolute atomic E-state index is 13.3. The molecule has 1 aliphatic heterocycles. The summed E-state index contributed by atoms with van der Waals surface area (Å²) < 4.78 is 27.8. The molecule has 5 N–H and O–H groups in total. The average Bonchev–Trinajstić information content (AvgIpc) is 3.02. The Hall–Kier alpha value is -5.30. The van der Waals surface area contributed by atoms with Gasteiger partial charge in [-0.2, -0.15) is 0 Å². The molecule has 0 saturated heterocycles. The van der Waals surface area contributed by atoms with Gasteiger partial charge in [-0.3, -0.25) is 19.2 Å². The van der Waals surface area contributed by atoms with Crippen LogP contribution in [0.1, 0.15) is 51.6 Å². The number of ether oxygens (including phenoxy) is 5. The molecule has 1 heterocycles. The fraction of sp³-hybridized carbons (Fsp3) is 0.290. The number of nitrogens with one attached hydrogen (secondary N) is 2. The Balaban J connectivity index is 1.52. The Morgan fingerprint density at radius 3 is 2.30 bits per heavy atom. The van der Waals surface area contributed by atoms with E-state index in [1.165, 1.54) is 40.6 Å². The van der Waals surface area contributed by atoms with Crippen LogP contribution in [-0.2, 0) is 9.59 Å². The maximum Gasteiger partial charge on any atom is 0.320 e. The van der Waals surface area contributed by atoms with Crippen LogP contribution in [0.15, 0.2) is 48.5 Å². The quantitative estimate of drug-likeness (QED) is 0.235. The number of carbonyl (C=O) groups excluding carboxylic acids is 3. The van der Waals surface area contributed by atoms with Crippen LogP contribution in [0.25, 0.3) is 0 Å². The molecule has 3 aromatic rings. The van der Waals surface area contributed by atoms with Crippen molar-refractivity contribution in [2.45, 2.75) is 31.4 Å². The summed E-state index contributed by atoms with van der Waals surface area (Å²) in [6.45, 7) is 0. The Morgan fingerprint density at radius 1 is 0.932 bits per heavy atom. The minimum Gasteiger partial charge on any atom is -0.496 e. The Labute approximate surface area is 253 Å². The van der Waals surface area contributed by atoms with Crippen LogP contribution in [0.5, 0.6) is 28.7 Å². The molecule has 1 unspecified atom stereocenters. The molecule has 44 heavy (non-hydrogen) atoms. The topological polar surface area (TPSA) is 185 Å². The maximum atomic E-state index is 13.3. The van der Waals surface area contributed by atoms with Crippen LogP contribution < -0.4 is 40.1 Å². The summed E-state index contributed by atoms with van der Waals surface area (Å²) in [5.41, 5.74) is 7.25. The number of anilines is 2. The van der Waals surface area contributed by atoms with E-state index in [0.29, 0.717) is 22.7 Å². The van der Waals surface area contributed by atoms with Crippen molar-refractivity contribution in [3.63, 3.8) is 0 Å². The van der Waals surface area contributed by atoms with E-state index in [9.17, 15) is 19.2 Å². The minimum atomic E-state index is -1.20. The van der Waals surface area contributed by atoms with Crippen molar-refractivity contribution >= 4 is 34.9 Å². The van der Waals surface area contributed by atoms with Crippen molar-refractivity contribution in [3.05, 3.63) is 65.2 Å². The third-order valence-electron chi connectivity index (χ3n) is 6.96. The third-order valence-corrected chi connectivity index (χ3v) is 6.96. The van der Waals surface area contributed by atoms with Gasteiger partial charge in [-0.1, -0.05) is 12.1 Å². The van der Waals surface area contributed by atoms with E-state index in [1.807, 2.05) is 0 Å². The van der Waals surface area contributed by atoms with E-state index in [4.69, 9.17) is 34.5 Å². The van der Waals surface area contributed by atoms with Gasteiger partial charge in [0.05, 0.1) is 40.4 Å². The van der Waals surface area contributed by atoms with Gasteiger partial charge in [0.2, 0.25) is 11.7 Å². The number of benzene rings is 3. The summed E-state index contributed by atoms with van der Waals surface area (Å²) >= 11 is 0. The number of hydrogen-bond acceptors (Lipinski definition) is 10. The lowest BCUT2D eigenvalue weighted by Gasteiger charge is -2.28. The molecule has 232 valence electrons. The molecule has 1 aliphatic rings. The minimum absolute atomic E-state index is 0.0170. The first-order chi connectivity index (χ1) is 21.1. The summed E-state index contributed by atoms with van der Waals surface area (Å²) in [5.74, 6) is -0.982. The lowest BCUT2D eigenvalue weighted by molar-refractivity contribution is -0.138. The lowest BCUT2D eigenvalue weighted by Crippen LogP contribution is -2.31. The van der Waals surface area contributed by atoms with Gasteiger partial charge in [0.25, 0.3) is 5.91 Å². The monoisotopic (exact) mass is 607 g/mol. The van der Waals surface area contributed by atoms with Gasteiger partial charge in [-0.25, -0.2) is 0 Å². The number of Topliss-reactive ketones (excluding diaryl/α,β-unsaturated/α-hetero) is 1. The van der Waals surface area contributed by atoms with E-state index >= 15 is 0 Å². The number of amides is 2. The SMILES string of the molecule is COc1ccc(NC(=O)CC[C@H](N)C(=O)O)cc1C(=O)Nc1cccc(C2CC(=O)c3c(cc(OC)c(OC)c3OC)O2)c1. The van der Waals surface area contributed by atoms with Crippen molar-refractivity contribution < 1.29 is 48.0 Å². The predicted molar refractivity (Wildman–Crippen MR) is 159 cm³/mol. The Bertz CT molecular complexity index is 1590. The number of rotatable bonds is 12. The van der Waals surface area contributed by atoms with Crippen LogP contribution in [0.2, 0.25) is 0 Å². The first-order valence-corrected chi connectivity index (χ1v) is 13.5. The van der Waals surface area contributed by atoms with Crippen molar-refractivity contribution in [1.82, 2.24) is 0 Å². The predicted octanol–water partition coefficient (Wildman–Crippen LogP) is 3.81. The summed E-state index contributed by atoms with van der Waals surface area (Å²) in [7, 11) is 5.76. The molecule has 2 amide bonds. The molecular weight excluding hydrogens is 574 g/mol. The summed E-state index contributed by atoms with van der Waals surface area (Å²) in [6, 6.07) is 11.8. The number of carboxylic acid groups (broad SMARTS) is 1. The second-order valence-electron chi connectivity index (χ2n) is 9.78. The fourth-order valence-corrected chi connectivity index (χ4v) is 4.75. The summed E-state index contributed by atoms with van der Waals surface area (Å²) in [4.78, 5) is 49.8. The highest BCUT2D eigenvalue weighted by molar-refractivity contribution is 6.07. The first kappa shape index (κ1) is 31.6. The van der Waals surface area contributed by atoms with Crippen molar-refractivity contribution in [2.24, 2.45) is 5.73 Å². The van der Waals surface area contributed by atoms with Gasteiger partial charge in [0.1, 0.15) is 29.2 Å². The van der Waals surface area contributed by atoms with Gasteiger partial charge < -0.3 is 45.2 Å². The number of aliphatic carboxylic acids is 1. The lowest BCUT2D eigenvalue weighted by atomic mass is 9.94. The molecule has 0 fully saturated rings. The number of ketones is 1. The molecule has 4 rings (SSSR count). The molecule has 0 saturated carbocycles. The Kier molecular flexibility index (Phi) is 9.91. The van der Waals surface area contributed by atoms with Crippen LogP contribution in [0.3, 0.4) is 0 Å². The summed E-state index contributed by atoms with van der Waals surface area (Å²) in [6.07, 6.45) is -0.796. The highest BCUT2D eigenvalue weighted by Crippen LogP contribution is 2.49. The zero-order valence-electron chi connectivity index (χ0n) is 24.6. The van der Waals surface area contributed by atoms with Gasteiger partial charge in [-0.05, 0) is 42.3 Å². The largest absolute Gasteiger partial charge is 0.496 e. The van der Waals surface area contributed by atoms with Gasteiger partial charge in [-0.15, -0.1) is 0 Å². The van der Waals surface area contributed by atoms with Gasteiger partial charge >= 0.3 is 5.97 Å². The number of hydrogen-bond donors (Lipinski definition) is 4. The van der Waals surface area contributed by atoms with Crippen LogP contribution in [0.4, 0.5) is 11.4 Å². The van der Waals surface area contributed by atoms with Gasteiger partial charge in [0.15, 0.2) is 17.3 Å². The Morgan fingerprint density at radius 2 is 1.64 bits per heavy atom. The molecule has 0 radical (unpaired) electrons. The van der Waals surface area contributed by atoms with E-state index in [2.05, 4.69) is 10.6 Å². The highest BCUT2D eigenvalue weighted by atomic mass is 16.5. The molecule has 13 heteroatoms. The third kappa shape index (κ3) is 6.84. The number of carboxylic acids is 1. The molecule has 13 nitrogen and oxygen atoms in total. The summed E-state index contributed by atoms with van der Waals surface area (Å²) in [5, 5.41) is 14.4. The smallest absolute Gasteiger partial charge is 0.320 e. The molecule has 0 aliphatic carbocycles. The van der Waals surface area contributed by atoms with Crippen LogP contribution >= 0.6 is 0 Å². The standard InChI is InChI=1S/C31H33N3O10/c1-40-22-10-8-18(33-26(36)11-9-20(32)31(38)39)13-19(22)30(37)34-17-7-5-6-16(12-17)23-14-21(35)27-24(44-23)15-25(41-2)28(42-3)29(27)43-4/h5-8,10,12-13,15,20,23H,9,11,14,32H2,1-4H3,(H,33,36)(H,34,37)(H,38,39)/t20-,23?/m0/s1. The van der Waals surface area contributed by atoms with E-state index in [1.54, 1.807) is 36.4 Å². The van der Waals surface area contributed by atoms with Crippen LogP contribution in [-0.4, -0.2) is 63.2 Å². The molecule has 0 aromatic heterocycles. The van der Waals surface area contributed by atoms with Crippen molar-refractivity contribution in [2.75, 3.05) is 39.1 Å². The first-order valence-electron chi connectivity index (χ1n) is 13.5. The van der Waals surface area contributed by atoms with E-state index in [-0.39, 0.29) is 59.2 Å². The number of methoxy groups -OCH3 is 4. The second-order valence-corrected chi connectivity index (χ2v) is 9.78. The zero-order chi connectivity index (χ0) is 32.0. The molecule has 0 bridgehead atoms. The van der Waals surface area contributed by atoms with Gasteiger partial charge in [0, 0.05) is 23.9 Å². The van der Waals surface area contributed by atoms with E-state index in [0.717, 1.165) is 0 Å². The van der Waals surface area contributed by atoms with Crippen LogP contribution in [0, 0.1) is 0 Å². The van der Waals surface area contributed by atoms with E-state index < -0.39 is 29.9 Å². The van der Waals surface area contributed by atoms with Crippen molar-refractivity contribution in [1.29, 1.82) is 0 Å². The normalized spacial score (nSPS) is 14.4. The molecule has 0 spiro atoms.